The van der Waals surface area contributed by atoms with Crippen molar-refractivity contribution in [3.8, 4) is 0 Å². The molecule has 19 heavy (non-hydrogen) atoms. The third kappa shape index (κ3) is 3.87. The van der Waals surface area contributed by atoms with E-state index in [1.165, 1.54) is 0 Å². The Hall–Kier alpha value is -1.73. The van der Waals surface area contributed by atoms with Gasteiger partial charge >= 0.3 is 12.3 Å². The van der Waals surface area contributed by atoms with E-state index in [-0.39, 0.29) is 24.4 Å². The Bertz CT molecular complexity index is 435. The Kier molecular flexibility index (Phi) is 3.83. The molecule has 0 radical (unpaired) electrons. The number of nitrogens with two attached hydrogens (primary N) is 2. The first-order valence-corrected chi connectivity index (χ1v) is 5.57. The SMILES string of the molecule is CC(C)(C)OC(=O)N1CC(N)=C(C(=[NH2+])C(F)(F)F)C1. The van der Waals surface area contributed by atoms with E-state index in [1.54, 1.807) is 20.8 Å². The van der Waals surface area contributed by atoms with Crippen LogP contribution in [-0.2, 0) is 4.74 Å². The quantitative estimate of drug-likeness (QED) is 0.674. The number of halogens is 3. The summed E-state index contributed by atoms with van der Waals surface area (Å²) < 4.78 is 42.5. The number of hydrogen-bond acceptors (Lipinski definition) is 3. The molecular weight excluding hydrogens is 263 g/mol. The van der Waals surface area contributed by atoms with Gasteiger partial charge in [-0.05, 0) is 20.8 Å². The van der Waals surface area contributed by atoms with Crippen molar-refractivity contribution in [2.24, 2.45) is 5.73 Å². The van der Waals surface area contributed by atoms with Crippen molar-refractivity contribution in [3.05, 3.63) is 11.3 Å². The second kappa shape index (κ2) is 4.75. The van der Waals surface area contributed by atoms with E-state index in [9.17, 15) is 18.0 Å². The lowest BCUT2D eigenvalue weighted by atomic mass is 10.1. The molecule has 4 N–H and O–H groups in total. The number of rotatable bonds is 1. The van der Waals surface area contributed by atoms with E-state index < -0.39 is 23.6 Å². The number of ether oxygens (including phenoxy) is 1. The van der Waals surface area contributed by atoms with Crippen LogP contribution in [0.15, 0.2) is 11.3 Å². The molecular formula is C11H17F3N3O2+. The average Bonchev–Trinajstić information content (AvgIpc) is 2.55. The van der Waals surface area contributed by atoms with Crippen LogP contribution in [0.2, 0.25) is 0 Å². The van der Waals surface area contributed by atoms with Crippen LogP contribution in [0.4, 0.5) is 18.0 Å². The highest BCUT2D eigenvalue weighted by molar-refractivity contribution is 6.01. The van der Waals surface area contributed by atoms with Crippen LogP contribution in [0.5, 0.6) is 0 Å². The summed E-state index contributed by atoms with van der Waals surface area (Å²) in [6, 6.07) is 0. The molecule has 1 aliphatic rings. The zero-order chi connectivity index (χ0) is 15.0. The summed E-state index contributed by atoms with van der Waals surface area (Å²) in [4.78, 5) is 12.8. The van der Waals surface area contributed by atoms with E-state index in [2.05, 4.69) is 0 Å². The molecule has 1 heterocycles. The molecule has 0 fully saturated rings. The first-order chi connectivity index (χ1) is 8.42. The van der Waals surface area contributed by atoms with Crippen molar-refractivity contribution < 1.29 is 28.1 Å². The highest BCUT2D eigenvalue weighted by Gasteiger charge is 2.46. The van der Waals surface area contributed by atoms with Gasteiger partial charge in [-0.2, -0.15) is 13.2 Å². The summed E-state index contributed by atoms with van der Waals surface area (Å²) in [5.41, 5.74) is 3.17. The fourth-order valence-corrected chi connectivity index (χ4v) is 1.53. The van der Waals surface area contributed by atoms with Gasteiger partial charge in [0, 0.05) is 5.70 Å². The van der Waals surface area contributed by atoms with E-state index in [0.717, 1.165) is 4.90 Å². The Balaban J connectivity index is 2.76. The summed E-state index contributed by atoms with van der Waals surface area (Å²) in [7, 11) is 0. The number of amides is 1. The average molecular weight is 280 g/mol. The molecule has 1 amide bonds. The van der Waals surface area contributed by atoms with Gasteiger partial charge in [-0.25, -0.2) is 10.2 Å². The first kappa shape index (κ1) is 15.3. The molecule has 1 rings (SSSR count). The Morgan fingerprint density at radius 2 is 1.84 bits per heavy atom. The van der Waals surface area contributed by atoms with Gasteiger partial charge in [0.15, 0.2) is 0 Å². The van der Waals surface area contributed by atoms with Crippen molar-refractivity contribution in [2.75, 3.05) is 13.1 Å². The van der Waals surface area contributed by atoms with Crippen molar-refractivity contribution >= 4 is 11.8 Å². The second-order valence-corrected chi connectivity index (χ2v) is 5.25. The molecule has 5 nitrogen and oxygen atoms in total. The number of carbonyl (C=O) groups excluding carboxylic acids is 1. The van der Waals surface area contributed by atoms with Crippen molar-refractivity contribution in [3.63, 3.8) is 0 Å². The van der Waals surface area contributed by atoms with Gasteiger partial charge in [0.2, 0.25) is 0 Å². The van der Waals surface area contributed by atoms with Crippen molar-refractivity contribution in [2.45, 2.75) is 32.5 Å². The molecule has 0 bridgehead atoms. The van der Waals surface area contributed by atoms with Crippen LogP contribution < -0.4 is 11.1 Å². The molecule has 0 aliphatic carbocycles. The fourth-order valence-electron chi connectivity index (χ4n) is 1.53. The van der Waals surface area contributed by atoms with Crippen LogP contribution in [0.25, 0.3) is 0 Å². The maximum Gasteiger partial charge on any atom is 0.477 e. The van der Waals surface area contributed by atoms with E-state index >= 15 is 0 Å². The van der Waals surface area contributed by atoms with Crippen LogP contribution in [-0.4, -0.2) is 41.6 Å². The molecule has 0 saturated heterocycles. The van der Waals surface area contributed by atoms with Gasteiger partial charge in [0.25, 0.3) is 5.71 Å². The van der Waals surface area contributed by atoms with Crippen molar-refractivity contribution in [1.82, 2.24) is 4.90 Å². The molecule has 0 aromatic carbocycles. The maximum absolute atomic E-state index is 12.5. The maximum atomic E-state index is 12.5. The lowest BCUT2D eigenvalue weighted by Gasteiger charge is -2.24. The van der Waals surface area contributed by atoms with Crippen LogP contribution in [0.1, 0.15) is 20.8 Å². The molecule has 0 aromatic heterocycles. The summed E-state index contributed by atoms with van der Waals surface area (Å²) in [5, 5.41) is 5.01. The fraction of sp³-hybridized carbons (Fsp3) is 0.636. The molecule has 0 aromatic rings. The zero-order valence-electron chi connectivity index (χ0n) is 11.0. The monoisotopic (exact) mass is 280 g/mol. The molecule has 8 heteroatoms. The highest BCUT2D eigenvalue weighted by Crippen LogP contribution is 2.25. The Morgan fingerprint density at radius 1 is 1.32 bits per heavy atom. The number of hydrogen-bond donors (Lipinski definition) is 2. The smallest absolute Gasteiger partial charge is 0.444 e. The predicted octanol–water partition coefficient (Wildman–Crippen LogP) is 0.212. The largest absolute Gasteiger partial charge is 0.477 e. The highest BCUT2D eigenvalue weighted by atomic mass is 19.4. The van der Waals surface area contributed by atoms with Crippen molar-refractivity contribution in [1.29, 1.82) is 0 Å². The predicted molar refractivity (Wildman–Crippen MR) is 62.0 cm³/mol. The molecule has 0 atom stereocenters. The van der Waals surface area contributed by atoms with Crippen LogP contribution in [0.3, 0.4) is 0 Å². The number of alkyl halides is 3. The van der Waals surface area contributed by atoms with Crippen LogP contribution >= 0.6 is 0 Å². The van der Waals surface area contributed by atoms with Gasteiger partial charge in [-0.15, -0.1) is 0 Å². The topological polar surface area (TPSA) is 81.2 Å². The molecule has 0 spiro atoms. The Labute approximate surface area is 108 Å². The normalized spacial score (nSPS) is 16.8. The number of nitrogens with zero attached hydrogens (tertiary/aromatic N) is 1. The molecule has 0 unspecified atom stereocenters. The minimum atomic E-state index is -4.66. The summed E-state index contributed by atoms with van der Waals surface area (Å²) in [6.07, 6.45) is -5.38. The minimum Gasteiger partial charge on any atom is -0.444 e. The first-order valence-electron chi connectivity index (χ1n) is 5.57. The lowest BCUT2D eigenvalue weighted by molar-refractivity contribution is -0.166. The van der Waals surface area contributed by atoms with E-state index in [1.807, 2.05) is 0 Å². The van der Waals surface area contributed by atoms with Gasteiger partial charge in [-0.1, -0.05) is 0 Å². The summed E-state index contributed by atoms with van der Waals surface area (Å²) >= 11 is 0. The van der Waals surface area contributed by atoms with Gasteiger partial charge < -0.3 is 10.5 Å². The van der Waals surface area contributed by atoms with E-state index in [4.69, 9.17) is 15.9 Å². The molecule has 0 saturated carbocycles. The summed E-state index contributed by atoms with van der Waals surface area (Å²) in [5.74, 6) is 0. The van der Waals surface area contributed by atoms with Gasteiger partial charge in [-0.3, -0.25) is 4.90 Å². The lowest BCUT2D eigenvalue weighted by Crippen LogP contribution is -2.51. The zero-order valence-corrected chi connectivity index (χ0v) is 11.0. The van der Waals surface area contributed by atoms with E-state index in [0.29, 0.717) is 0 Å². The van der Waals surface area contributed by atoms with Crippen LogP contribution in [0, 0.1) is 0 Å². The minimum absolute atomic E-state index is 0.0688. The Morgan fingerprint density at radius 3 is 2.26 bits per heavy atom. The standard InChI is InChI=1S/C11H16F3N3O2/c1-10(2,3)19-9(18)17-4-6(7(15)5-17)8(16)11(12,13)14/h16H,4-5,15H2,1-3H3/p+1. The third-order valence-corrected chi connectivity index (χ3v) is 2.38. The molecule has 1 aliphatic heterocycles. The van der Waals surface area contributed by atoms with Gasteiger partial charge in [0.05, 0.1) is 18.7 Å². The summed E-state index contributed by atoms with van der Waals surface area (Å²) in [6.45, 7) is 4.56. The second-order valence-electron chi connectivity index (χ2n) is 5.25. The third-order valence-electron chi connectivity index (χ3n) is 2.38. The number of carbonyl (C=O) groups is 1. The van der Waals surface area contributed by atoms with Gasteiger partial charge in [0.1, 0.15) is 5.60 Å². The molecule has 108 valence electrons.